The Kier molecular flexibility index (Phi) is 4.91. The Hall–Kier alpha value is -1.52. The van der Waals surface area contributed by atoms with Crippen molar-refractivity contribution in [3.05, 3.63) is 45.3 Å². The van der Waals surface area contributed by atoms with Gasteiger partial charge in [0.15, 0.2) is 0 Å². The molecule has 4 nitrogen and oxygen atoms in total. The molecule has 0 spiro atoms. The maximum atomic E-state index is 12.4. The van der Waals surface area contributed by atoms with E-state index in [1.807, 2.05) is 6.07 Å². The van der Waals surface area contributed by atoms with Gasteiger partial charge in [-0.25, -0.2) is 0 Å². The minimum atomic E-state index is -1.33. The second-order valence-electron chi connectivity index (χ2n) is 4.09. The Morgan fingerprint density at radius 1 is 1.48 bits per heavy atom. The first-order valence-electron chi connectivity index (χ1n) is 6.00. The number of nitrogens with zero attached hydrogens (tertiary/aromatic N) is 1. The van der Waals surface area contributed by atoms with Crippen LogP contribution >= 0.6 is 22.9 Å². The molecule has 0 saturated heterocycles. The number of carbonyl (C=O) groups is 1. The lowest BCUT2D eigenvalue weighted by atomic mass is 10.1. The summed E-state index contributed by atoms with van der Waals surface area (Å²) in [4.78, 5) is 12.7. The van der Waals surface area contributed by atoms with Gasteiger partial charge in [-0.1, -0.05) is 22.9 Å². The number of carbonyl (C=O) groups excluding carboxylic acids is 1. The highest BCUT2D eigenvalue weighted by Gasteiger charge is 2.27. The molecule has 0 fully saturated rings. The van der Waals surface area contributed by atoms with Crippen LogP contribution in [-0.4, -0.2) is 16.1 Å². The molecule has 1 aromatic heterocycles. The lowest BCUT2D eigenvalue weighted by Gasteiger charge is -2.04. The zero-order valence-electron chi connectivity index (χ0n) is 11.1. The number of anilines is 1. The van der Waals surface area contributed by atoms with Gasteiger partial charge in [-0.15, -0.1) is 0 Å². The second kappa shape index (κ2) is 6.50. The van der Waals surface area contributed by atoms with Gasteiger partial charge in [-0.3, -0.25) is 4.79 Å². The van der Waals surface area contributed by atoms with Crippen LogP contribution in [0.2, 0.25) is 5.02 Å². The van der Waals surface area contributed by atoms with Gasteiger partial charge in [0.05, 0.1) is 5.69 Å². The standard InChI is InChI=1S/C14H11ClN2O2S2/c1-2-21(19)14-10(7-16)11(17)13(20-14)12(18)8-3-5-9(15)6-4-8/h3-6H,2,17H2,1H3. The summed E-state index contributed by atoms with van der Waals surface area (Å²) >= 11 is 5.48. The Morgan fingerprint density at radius 2 is 2.10 bits per heavy atom. The zero-order valence-corrected chi connectivity index (χ0v) is 13.4. The van der Waals surface area contributed by atoms with Crippen LogP contribution < -0.4 is 5.73 Å². The fourth-order valence-corrected chi connectivity index (χ4v) is 4.33. The summed E-state index contributed by atoms with van der Waals surface area (Å²) in [6, 6.07) is 8.33. The number of thiophene rings is 1. The molecule has 1 heterocycles. The van der Waals surface area contributed by atoms with E-state index >= 15 is 0 Å². The summed E-state index contributed by atoms with van der Waals surface area (Å²) in [6.07, 6.45) is 0. The van der Waals surface area contributed by atoms with Crippen molar-refractivity contribution < 1.29 is 9.35 Å². The number of nitrogen functional groups attached to an aromatic ring is 1. The number of benzene rings is 1. The summed E-state index contributed by atoms with van der Waals surface area (Å²) in [5.74, 6) is 0.0634. The molecule has 1 atom stereocenters. The van der Waals surface area contributed by atoms with Gasteiger partial charge in [-0.2, -0.15) is 5.26 Å². The molecule has 108 valence electrons. The van der Waals surface area contributed by atoms with E-state index in [4.69, 9.17) is 22.6 Å². The highest BCUT2D eigenvalue weighted by atomic mass is 35.5. The molecule has 0 saturated carbocycles. The predicted molar refractivity (Wildman–Crippen MR) is 85.3 cm³/mol. The van der Waals surface area contributed by atoms with Crippen molar-refractivity contribution in [1.29, 1.82) is 5.26 Å². The van der Waals surface area contributed by atoms with E-state index in [1.165, 1.54) is 0 Å². The van der Waals surface area contributed by atoms with E-state index in [-0.39, 0.29) is 21.9 Å². The molecule has 2 aromatic rings. The molecule has 2 rings (SSSR count). The van der Waals surface area contributed by atoms with Gasteiger partial charge in [0.25, 0.3) is 0 Å². The Morgan fingerprint density at radius 3 is 2.62 bits per heavy atom. The molecular weight excluding hydrogens is 328 g/mol. The molecule has 0 aliphatic carbocycles. The van der Waals surface area contributed by atoms with Crippen molar-refractivity contribution >= 4 is 45.6 Å². The largest absolute Gasteiger partial charge is 0.611 e. The lowest BCUT2D eigenvalue weighted by molar-refractivity contribution is 0.104. The van der Waals surface area contributed by atoms with Crippen LogP contribution in [0.4, 0.5) is 5.69 Å². The second-order valence-corrected chi connectivity index (χ2v) is 7.48. The van der Waals surface area contributed by atoms with Crippen molar-refractivity contribution in [1.82, 2.24) is 0 Å². The predicted octanol–water partition coefficient (Wildman–Crippen LogP) is 3.21. The monoisotopic (exact) mass is 338 g/mol. The summed E-state index contributed by atoms with van der Waals surface area (Å²) in [7, 11) is 0. The van der Waals surface area contributed by atoms with Crippen LogP contribution in [0, 0.1) is 11.3 Å². The number of nitrogens with two attached hydrogens (primary N) is 1. The van der Waals surface area contributed by atoms with E-state index in [0.29, 0.717) is 20.5 Å². The number of ketones is 1. The van der Waals surface area contributed by atoms with Crippen molar-refractivity contribution in [3.63, 3.8) is 0 Å². The molecule has 0 aliphatic rings. The van der Waals surface area contributed by atoms with Crippen LogP contribution in [0.15, 0.2) is 28.5 Å². The van der Waals surface area contributed by atoms with Gasteiger partial charge in [-0.05, 0) is 42.4 Å². The third kappa shape index (κ3) is 3.06. The molecule has 1 unspecified atom stereocenters. The third-order valence-corrected chi connectivity index (χ3v) is 6.01. The minimum Gasteiger partial charge on any atom is -0.611 e. The minimum absolute atomic E-state index is 0.0965. The van der Waals surface area contributed by atoms with Gasteiger partial charge in [0.1, 0.15) is 22.3 Å². The van der Waals surface area contributed by atoms with E-state index < -0.39 is 11.2 Å². The highest BCUT2D eigenvalue weighted by molar-refractivity contribution is 7.93. The van der Waals surface area contributed by atoms with Crippen LogP contribution in [0.3, 0.4) is 0 Å². The quantitative estimate of drug-likeness (QED) is 0.684. The molecule has 2 N–H and O–H groups in total. The molecule has 21 heavy (non-hydrogen) atoms. The molecule has 0 amide bonds. The van der Waals surface area contributed by atoms with E-state index in [0.717, 1.165) is 11.3 Å². The average molecular weight is 339 g/mol. The van der Waals surface area contributed by atoms with Crippen LogP contribution in [0.25, 0.3) is 0 Å². The van der Waals surface area contributed by atoms with Crippen molar-refractivity contribution in [3.8, 4) is 6.07 Å². The summed E-state index contributed by atoms with van der Waals surface area (Å²) in [5.41, 5.74) is 6.54. The first-order chi connectivity index (χ1) is 9.99. The SMILES string of the molecule is CC[S+]([O-])c1sc(C(=O)c2ccc(Cl)cc2)c(N)c1C#N. The maximum Gasteiger partial charge on any atom is 0.227 e. The topological polar surface area (TPSA) is 89.9 Å². The first-order valence-corrected chi connectivity index (χ1v) is 8.51. The third-order valence-electron chi connectivity index (χ3n) is 2.81. The first kappa shape index (κ1) is 15.9. The van der Waals surface area contributed by atoms with Crippen molar-refractivity contribution in [2.24, 2.45) is 0 Å². The molecule has 0 aliphatic heterocycles. The van der Waals surface area contributed by atoms with Crippen LogP contribution in [0.1, 0.15) is 27.7 Å². The Balaban J connectivity index is 2.50. The Bertz CT molecular complexity index is 720. The summed E-state index contributed by atoms with van der Waals surface area (Å²) < 4.78 is 12.3. The van der Waals surface area contributed by atoms with Crippen molar-refractivity contribution in [2.45, 2.75) is 11.1 Å². The summed E-state index contributed by atoms with van der Waals surface area (Å²) in [6.45, 7) is 1.74. The van der Waals surface area contributed by atoms with Gasteiger partial charge >= 0.3 is 0 Å². The summed E-state index contributed by atoms with van der Waals surface area (Å²) in [5, 5.41) is 9.68. The lowest BCUT2D eigenvalue weighted by Crippen LogP contribution is -2.04. The molecular formula is C14H11ClN2O2S2. The van der Waals surface area contributed by atoms with E-state index in [9.17, 15) is 9.35 Å². The molecule has 1 aromatic carbocycles. The zero-order chi connectivity index (χ0) is 15.6. The van der Waals surface area contributed by atoms with Crippen LogP contribution in [-0.2, 0) is 11.2 Å². The normalized spacial score (nSPS) is 11.9. The van der Waals surface area contributed by atoms with Gasteiger partial charge in [0, 0.05) is 10.6 Å². The highest BCUT2D eigenvalue weighted by Crippen LogP contribution is 2.36. The van der Waals surface area contributed by atoms with E-state index in [2.05, 4.69) is 0 Å². The number of hydrogen-bond acceptors (Lipinski definition) is 5. The van der Waals surface area contributed by atoms with Crippen molar-refractivity contribution in [2.75, 3.05) is 11.5 Å². The Labute approximate surface area is 134 Å². The molecule has 7 heteroatoms. The van der Waals surface area contributed by atoms with E-state index in [1.54, 1.807) is 31.2 Å². The number of nitriles is 1. The van der Waals surface area contributed by atoms with Gasteiger partial charge in [0.2, 0.25) is 9.99 Å². The van der Waals surface area contributed by atoms with Crippen LogP contribution in [0.5, 0.6) is 0 Å². The number of halogens is 1. The molecule has 0 radical (unpaired) electrons. The number of hydrogen-bond donors (Lipinski definition) is 1. The fraction of sp³-hybridized carbons (Fsp3) is 0.143. The molecule has 0 bridgehead atoms. The average Bonchev–Trinajstić information content (AvgIpc) is 2.83. The maximum absolute atomic E-state index is 12.4. The smallest absolute Gasteiger partial charge is 0.227 e. The fourth-order valence-electron chi connectivity index (χ4n) is 1.72. The number of rotatable bonds is 4. The van der Waals surface area contributed by atoms with Gasteiger partial charge < -0.3 is 10.3 Å².